The SMILES string of the molecule is COc1ccc([C@H]2CC(=O)C3=C(C2)Nc2onc(C)c2[C@H]3c2cccc(OC)c2OC)cc1. The van der Waals surface area contributed by atoms with Crippen LogP contribution in [0.1, 0.15) is 47.1 Å². The summed E-state index contributed by atoms with van der Waals surface area (Å²) in [6.07, 6.45) is 1.12. The van der Waals surface area contributed by atoms with Gasteiger partial charge in [-0.2, -0.15) is 0 Å². The first-order valence-corrected chi connectivity index (χ1v) is 10.9. The first-order chi connectivity index (χ1) is 16.0. The van der Waals surface area contributed by atoms with Crippen LogP contribution in [0, 0.1) is 6.92 Å². The molecular formula is C26H26N2O5. The first-order valence-electron chi connectivity index (χ1n) is 10.9. The lowest BCUT2D eigenvalue weighted by molar-refractivity contribution is -0.116. The molecule has 0 saturated carbocycles. The van der Waals surface area contributed by atoms with Gasteiger partial charge < -0.3 is 24.1 Å². The Kier molecular flexibility index (Phi) is 5.32. The number of carbonyl (C=O) groups excluding carboxylic acids is 1. The highest BCUT2D eigenvalue weighted by Gasteiger charge is 2.42. The van der Waals surface area contributed by atoms with Crippen molar-refractivity contribution in [3.05, 3.63) is 76.1 Å². The fourth-order valence-corrected chi connectivity index (χ4v) is 5.03. The summed E-state index contributed by atoms with van der Waals surface area (Å²) in [5.74, 6) is 2.41. The Morgan fingerprint density at radius 1 is 1.00 bits per heavy atom. The van der Waals surface area contributed by atoms with Crippen molar-refractivity contribution in [2.24, 2.45) is 0 Å². The molecule has 1 aliphatic carbocycles. The number of rotatable bonds is 5. The number of aromatic nitrogens is 1. The van der Waals surface area contributed by atoms with E-state index in [9.17, 15) is 4.79 Å². The number of ketones is 1. The summed E-state index contributed by atoms with van der Waals surface area (Å²) in [5.41, 5.74) is 5.17. The summed E-state index contributed by atoms with van der Waals surface area (Å²) >= 11 is 0. The van der Waals surface area contributed by atoms with Gasteiger partial charge in [0.1, 0.15) is 5.75 Å². The maximum Gasteiger partial charge on any atom is 0.233 e. The van der Waals surface area contributed by atoms with Crippen molar-refractivity contribution in [2.45, 2.75) is 31.6 Å². The second-order valence-corrected chi connectivity index (χ2v) is 8.35. The molecule has 3 aromatic rings. The summed E-state index contributed by atoms with van der Waals surface area (Å²) in [4.78, 5) is 13.7. The molecule has 1 aromatic heterocycles. The van der Waals surface area contributed by atoms with E-state index >= 15 is 0 Å². The van der Waals surface area contributed by atoms with Crippen molar-refractivity contribution < 1.29 is 23.5 Å². The van der Waals surface area contributed by atoms with Crippen LogP contribution in [0.15, 0.2) is 58.3 Å². The predicted molar refractivity (Wildman–Crippen MR) is 123 cm³/mol. The lowest BCUT2D eigenvalue weighted by Crippen LogP contribution is -2.29. The maximum absolute atomic E-state index is 13.7. The van der Waals surface area contributed by atoms with Crippen molar-refractivity contribution in [1.82, 2.24) is 5.16 Å². The second-order valence-electron chi connectivity index (χ2n) is 8.35. The zero-order chi connectivity index (χ0) is 23.1. The van der Waals surface area contributed by atoms with Gasteiger partial charge >= 0.3 is 0 Å². The number of allylic oxidation sites excluding steroid dienone is 2. The van der Waals surface area contributed by atoms with E-state index in [0.29, 0.717) is 30.2 Å². The van der Waals surface area contributed by atoms with E-state index in [1.165, 1.54) is 0 Å². The molecule has 2 aromatic carbocycles. The third-order valence-electron chi connectivity index (χ3n) is 6.59. The van der Waals surface area contributed by atoms with Crippen molar-refractivity contribution >= 4 is 11.7 Å². The number of benzene rings is 2. The molecule has 0 bridgehead atoms. The summed E-state index contributed by atoms with van der Waals surface area (Å²) < 4.78 is 22.2. The van der Waals surface area contributed by atoms with Crippen LogP contribution in [-0.4, -0.2) is 32.3 Å². The van der Waals surface area contributed by atoms with Gasteiger partial charge in [-0.25, -0.2) is 0 Å². The van der Waals surface area contributed by atoms with Crippen LogP contribution in [0.3, 0.4) is 0 Å². The fourth-order valence-electron chi connectivity index (χ4n) is 5.03. The summed E-state index contributed by atoms with van der Waals surface area (Å²) in [7, 11) is 4.86. The van der Waals surface area contributed by atoms with Gasteiger partial charge in [-0.3, -0.25) is 4.79 Å². The quantitative estimate of drug-likeness (QED) is 0.593. The van der Waals surface area contributed by atoms with Gasteiger partial charge in [0.15, 0.2) is 17.3 Å². The first kappa shape index (κ1) is 21.1. The number of ether oxygens (including phenoxy) is 3. The molecule has 0 saturated heterocycles. The maximum atomic E-state index is 13.7. The zero-order valence-corrected chi connectivity index (χ0v) is 19.1. The Bertz CT molecular complexity index is 1240. The molecule has 33 heavy (non-hydrogen) atoms. The van der Waals surface area contributed by atoms with E-state index in [-0.39, 0.29) is 17.6 Å². The number of para-hydroxylation sites is 1. The molecule has 0 radical (unpaired) electrons. The van der Waals surface area contributed by atoms with Crippen LogP contribution in [0.5, 0.6) is 17.2 Å². The number of hydrogen-bond acceptors (Lipinski definition) is 7. The Morgan fingerprint density at radius 3 is 2.48 bits per heavy atom. The van der Waals surface area contributed by atoms with E-state index in [1.54, 1.807) is 21.3 Å². The molecule has 2 atom stereocenters. The summed E-state index contributed by atoms with van der Waals surface area (Å²) in [6.45, 7) is 1.89. The smallest absolute Gasteiger partial charge is 0.233 e. The Balaban J connectivity index is 1.63. The zero-order valence-electron chi connectivity index (χ0n) is 19.1. The minimum Gasteiger partial charge on any atom is -0.497 e. The molecule has 1 N–H and O–H groups in total. The van der Waals surface area contributed by atoms with E-state index in [1.807, 2.05) is 49.4 Å². The molecule has 0 unspecified atom stereocenters. The molecular weight excluding hydrogens is 420 g/mol. The summed E-state index contributed by atoms with van der Waals surface area (Å²) in [5, 5.41) is 7.56. The van der Waals surface area contributed by atoms with Gasteiger partial charge in [-0.15, -0.1) is 0 Å². The minimum absolute atomic E-state index is 0.0630. The predicted octanol–water partition coefficient (Wildman–Crippen LogP) is 4.97. The van der Waals surface area contributed by atoms with Crippen LogP contribution in [-0.2, 0) is 4.79 Å². The van der Waals surface area contributed by atoms with Crippen LogP contribution in [0.25, 0.3) is 0 Å². The topological polar surface area (TPSA) is 82.8 Å². The molecule has 5 rings (SSSR count). The number of carbonyl (C=O) groups is 1. The molecule has 1 aliphatic heterocycles. The number of fused-ring (bicyclic) bond motifs is 1. The van der Waals surface area contributed by atoms with Crippen molar-refractivity contribution in [2.75, 3.05) is 26.6 Å². The van der Waals surface area contributed by atoms with Gasteiger partial charge in [0.25, 0.3) is 0 Å². The Hall–Kier alpha value is -3.74. The van der Waals surface area contributed by atoms with Crippen molar-refractivity contribution in [1.29, 1.82) is 0 Å². The third kappa shape index (κ3) is 3.44. The van der Waals surface area contributed by atoms with Gasteiger partial charge in [-0.05, 0) is 43.0 Å². The Labute approximate surface area is 192 Å². The minimum atomic E-state index is -0.350. The van der Waals surface area contributed by atoms with Crippen LogP contribution >= 0.6 is 0 Å². The number of nitrogens with one attached hydrogen (secondary N) is 1. The molecule has 0 fully saturated rings. The van der Waals surface area contributed by atoms with Gasteiger partial charge in [-0.1, -0.05) is 29.4 Å². The highest BCUT2D eigenvalue weighted by atomic mass is 16.5. The van der Waals surface area contributed by atoms with Crippen molar-refractivity contribution in [3.63, 3.8) is 0 Å². The van der Waals surface area contributed by atoms with Crippen molar-refractivity contribution in [3.8, 4) is 17.2 Å². The van der Waals surface area contributed by atoms with E-state index in [4.69, 9.17) is 18.7 Å². The number of hydrogen-bond donors (Lipinski definition) is 1. The van der Waals surface area contributed by atoms with Crippen LogP contribution in [0.4, 0.5) is 5.88 Å². The van der Waals surface area contributed by atoms with Gasteiger partial charge in [0.05, 0.1) is 38.5 Å². The van der Waals surface area contributed by atoms with Gasteiger partial charge in [0.2, 0.25) is 5.88 Å². The molecule has 2 heterocycles. The van der Waals surface area contributed by atoms with E-state index < -0.39 is 0 Å². The number of methoxy groups -OCH3 is 3. The third-order valence-corrected chi connectivity index (χ3v) is 6.59. The lowest BCUT2D eigenvalue weighted by Gasteiger charge is -2.35. The van der Waals surface area contributed by atoms with Crippen LogP contribution in [0.2, 0.25) is 0 Å². The standard InChI is InChI=1S/C26H26N2O5/c1-14-22-23(18-6-5-7-21(31-3)25(18)32-4)24-19(27-26(22)33-28-14)12-16(13-20(24)29)15-8-10-17(30-2)11-9-15/h5-11,16,23,27H,12-13H2,1-4H3/t16-,23-/m1/s1. The average molecular weight is 447 g/mol. The molecule has 7 heteroatoms. The molecule has 0 spiro atoms. The van der Waals surface area contributed by atoms with E-state index in [0.717, 1.165) is 39.4 Å². The number of Topliss-reactive ketones (excluding diaryl/α,β-unsaturated/α-hetero) is 1. The highest BCUT2D eigenvalue weighted by Crippen LogP contribution is 2.52. The normalized spacial score (nSPS) is 19.5. The Morgan fingerprint density at radius 2 is 1.79 bits per heavy atom. The number of anilines is 1. The monoisotopic (exact) mass is 446 g/mol. The van der Waals surface area contributed by atoms with E-state index in [2.05, 4.69) is 10.5 Å². The lowest BCUT2D eigenvalue weighted by atomic mass is 9.72. The highest BCUT2D eigenvalue weighted by molar-refractivity contribution is 6.01. The van der Waals surface area contributed by atoms with Gasteiger partial charge in [0, 0.05) is 23.3 Å². The summed E-state index contributed by atoms with van der Waals surface area (Å²) in [6, 6.07) is 13.6. The largest absolute Gasteiger partial charge is 0.497 e. The second kappa shape index (κ2) is 8.31. The average Bonchev–Trinajstić information content (AvgIpc) is 3.22. The number of aryl methyl sites for hydroxylation is 1. The molecule has 0 amide bonds. The fraction of sp³-hybridized carbons (Fsp3) is 0.308. The molecule has 170 valence electrons. The number of nitrogens with zero attached hydrogens (tertiary/aromatic N) is 1. The van der Waals surface area contributed by atoms with Crippen LogP contribution < -0.4 is 19.5 Å². The molecule has 2 aliphatic rings. The molecule has 7 nitrogen and oxygen atoms in total.